The molecule has 1 heterocycles. The van der Waals surface area contributed by atoms with Gasteiger partial charge < -0.3 is 4.90 Å². The summed E-state index contributed by atoms with van der Waals surface area (Å²) in [5.74, 6) is 1.96. The molecule has 0 aromatic rings. The van der Waals surface area contributed by atoms with E-state index in [1.165, 1.54) is 32.4 Å². The molecule has 1 saturated carbocycles. The molecule has 0 amide bonds. The quantitative estimate of drug-likeness (QED) is 0.623. The van der Waals surface area contributed by atoms with Crippen LogP contribution in [0, 0.1) is 17.3 Å². The Bertz CT molecular complexity index is 168. The van der Waals surface area contributed by atoms with Crippen molar-refractivity contribution in [3.63, 3.8) is 0 Å². The molecule has 1 aliphatic carbocycles. The van der Waals surface area contributed by atoms with Crippen molar-refractivity contribution in [3.05, 3.63) is 0 Å². The maximum Gasteiger partial charge on any atom is 0.00356 e. The highest BCUT2D eigenvalue weighted by atomic mass is 15.1. The molecule has 1 spiro atoms. The van der Waals surface area contributed by atoms with Gasteiger partial charge in [-0.2, -0.15) is 0 Å². The first-order chi connectivity index (χ1) is 6.61. The maximum atomic E-state index is 2.50. The van der Waals surface area contributed by atoms with Crippen molar-refractivity contribution in [2.45, 2.75) is 47.0 Å². The summed E-state index contributed by atoms with van der Waals surface area (Å²) in [6.45, 7) is 11.5. The normalized spacial score (nSPS) is 36.9. The third-order valence-electron chi connectivity index (χ3n) is 3.96. The monoisotopic (exact) mass is 197 g/mol. The van der Waals surface area contributed by atoms with E-state index in [9.17, 15) is 0 Å². The molecule has 1 heteroatoms. The molecule has 0 radical (unpaired) electrons. The van der Waals surface area contributed by atoms with Crippen LogP contribution in [-0.2, 0) is 0 Å². The van der Waals surface area contributed by atoms with Gasteiger partial charge in [0.05, 0.1) is 0 Å². The molecule has 1 aliphatic heterocycles. The number of rotatable bonds is 1. The summed E-state index contributed by atoms with van der Waals surface area (Å²) in [5.41, 5.74) is 0.768. The molecule has 2 fully saturated rings. The van der Waals surface area contributed by atoms with Gasteiger partial charge >= 0.3 is 0 Å². The summed E-state index contributed by atoms with van der Waals surface area (Å²) in [7, 11) is 2.26. The van der Waals surface area contributed by atoms with Gasteiger partial charge in [0.1, 0.15) is 0 Å². The predicted octanol–water partition coefficient (Wildman–Crippen LogP) is 3.40. The van der Waals surface area contributed by atoms with E-state index in [2.05, 4.69) is 25.8 Å². The summed E-state index contributed by atoms with van der Waals surface area (Å²) in [5, 5.41) is 0. The van der Waals surface area contributed by atoms with Gasteiger partial charge in [-0.15, -0.1) is 0 Å². The zero-order valence-corrected chi connectivity index (χ0v) is 10.6. The molecular weight excluding hydrogens is 170 g/mol. The molecule has 1 saturated heterocycles. The second-order valence-corrected chi connectivity index (χ2v) is 5.40. The molecule has 2 rings (SSSR count). The van der Waals surface area contributed by atoms with Crippen LogP contribution in [0.25, 0.3) is 0 Å². The number of likely N-dealkylation sites (tertiary alicyclic amines) is 1. The molecule has 0 N–H and O–H groups in total. The Labute approximate surface area is 89.9 Å². The van der Waals surface area contributed by atoms with E-state index in [0.29, 0.717) is 0 Å². The second kappa shape index (κ2) is 4.65. The van der Waals surface area contributed by atoms with Gasteiger partial charge in [0.2, 0.25) is 0 Å². The molecule has 0 unspecified atom stereocenters. The van der Waals surface area contributed by atoms with E-state index in [-0.39, 0.29) is 0 Å². The lowest BCUT2D eigenvalue weighted by molar-refractivity contribution is 0.0363. The van der Waals surface area contributed by atoms with E-state index in [1.54, 1.807) is 0 Å². The van der Waals surface area contributed by atoms with Crippen molar-refractivity contribution in [2.75, 3.05) is 20.1 Å². The van der Waals surface area contributed by atoms with Crippen LogP contribution in [0.2, 0.25) is 0 Å². The van der Waals surface area contributed by atoms with Crippen molar-refractivity contribution in [3.8, 4) is 0 Å². The Morgan fingerprint density at radius 2 is 1.79 bits per heavy atom. The molecule has 0 bridgehead atoms. The lowest BCUT2D eigenvalue weighted by atomic mass is 9.58. The average Bonchev–Trinajstić information content (AvgIpc) is 2.48. The first-order valence-corrected chi connectivity index (χ1v) is 6.30. The lowest BCUT2D eigenvalue weighted by Crippen LogP contribution is -2.41. The third kappa shape index (κ3) is 2.31. The highest BCUT2D eigenvalue weighted by Crippen LogP contribution is 2.53. The molecule has 0 atom stereocenters. The summed E-state index contributed by atoms with van der Waals surface area (Å²) in [4.78, 5) is 2.50. The van der Waals surface area contributed by atoms with Crippen LogP contribution in [0.5, 0.6) is 0 Å². The summed E-state index contributed by atoms with van der Waals surface area (Å²) in [6.07, 6.45) is 4.48. The Balaban J connectivity index is 0.000000461. The van der Waals surface area contributed by atoms with Gasteiger partial charge in [0, 0.05) is 6.54 Å². The van der Waals surface area contributed by atoms with E-state index in [1.807, 2.05) is 13.8 Å². The van der Waals surface area contributed by atoms with Crippen molar-refractivity contribution >= 4 is 0 Å². The van der Waals surface area contributed by atoms with E-state index < -0.39 is 0 Å². The largest absolute Gasteiger partial charge is 0.306 e. The minimum atomic E-state index is 0.768. The fraction of sp³-hybridized carbons (Fsp3) is 1.00. The number of hydrogen-bond donors (Lipinski definition) is 0. The smallest absolute Gasteiger partial charge is 0.00356 e. The van der Waals surface area contributed by atoms with E-state index in [0.717, 1.165) is 17.3 Å². The Morgan fingerprint density at radius 1 is 1.21 bits per heavy atom. The van der Waals surface area contributed by atoms with Crippen molar-refractivity contribution in [1.82, 2.24) is 4.90 Å². The first-order valence-electron chi connectivity index (χ1n) is 6.30. The zero-order chi connectivity index (χ0) is 10.8. The van der Waals surface area contributed by atoms with Crippen molar-refractivity contribution in [2.24, 2.45) is 17.3 Å². The van der Waals surface area contributed by atoms with Crippen molar-refractivity contribution < 1.29 is 0 Å². The Kier molecular flexibility index (Phi) is 4.00. The molecule has 0 aromatic carbocycles. The zero-order valence-electron chi connectivity index (χ0n) is 10.6. The van der Waals surface area contributed by atoms with Crippen LogP contribution in [0.1, 0.15) is 47.0 Å². The van der Waals surface area contributed by atoms with Crippen LogP contribution in [0.4, 0.5) is 0 Å². The molecule has 14 heavy (non-hydrogen) atoms. The number of nitrogens with zero attached hydrogens (tertiary/aromatic N) is 1. The maximum absolute atomic E-state index is 2.50. The van der Waals surface area contributed by atoms with Gasteiger partial charge in [0.15, 0.2) is 0 Å². The second-order valence-electron chi connectivity index (χ2n) is 5.40. The molecule has 1 nitrogen and oxygen atoms in total. The number of hydrogen-bond acceptors (Lipinski definition) is 1. The minimum absolute atomic E-state index is 0.768. The summed E-state index contributed by atoms with van der Waals surface area (Å²) >= 11 is 0. The van der Waals surface area contributed by atoms with Gasteiger partial charge in [-0.25, -0.2) is 0 Å². The first kappa shape index (κ1) is 12.0. The Morgan fingerprint density at radius 3 is 2.14 bits per heavy atom. The van der Waals surface area contributed by atoms with Crippen LogP contribution >= 0.6 is 0 Å². The molecule has 0 aromatic heterocycles. The van der Waals surface area contributed by atoms with Crippen LogP contribution in [-0.4, -0.2) is 25.0 Å². The molecule has 2 aliphatic rings. The van der Waals surface area contributed by atoms with Crippen LogP contribution < -0.4 is 0 Å². The van der Waals surface area contributed by atoms with E-state index in [4.69, 9.17) is 0 Å². The summed E-state index contributed by atoms with van der Waals surface area (Å²) in [6, 6.07) is 0. The highest BCUT2D eigenvalue weighted by Gasteiger charge is 2.47. The Hall–Kier alpha value is -0.0400. The topological polar surface area (TPSA) is 3.24 Å². The van der Waals surface area contributed by atoms with Gasteiger partial charge in [0.25, 0.3) is 0 Å². The van der Waals surface area contributed by atoms with Crippen molar-refractivity contribution in [1.29, 1.82) is 0 Å². The lowest BCUT2D eigenvalue weighted by Gasteiger charge is -2.47. The van der Waals surface area contributed by atoms with Gasteiger partial charge in [-0.05, 0) is 50.1 Å². The standard InChI is InChI=1S/C11H21N.C2H6/c1-9(2)10-6-11(7-10)4-5-12(3)8-11;1-2/h9-10H,4-8H2,1-3H3;1-2H3. The minimum Gasteiger partial charge on any atom is -0.306 e. The average molecular weight is 197 g/mol. The van der Waals surface area contributed by atoms with Gasteiger partial charge in [-0.3, -0.25) is 0 Å². The predicted molar refractivity (Wildman–Crippen MR) is 63.5 cm³/mol. The third-order valence-corrected chi connectivity index (χ3v) is 3.96. The summed E-state index contributed by atoms with van der Waals surface area (Å²) < 4.78 is 0. The van der Waals surface area contributed by atoms with Crippen LogP contribution in [0.3, 0.4) is 0 Å². The SMILES string of the molecule is CC.CC(C)C1CC2(CCN(C)C2)C1. The molecular formula is C13H27N. The van der Waals surface area contributed by atoms with Gasteiger partial charge in [-0.1, -0.05) is 27.7 Å². The highest BCUT2D eigenvalue weighted by molar-refractivity contribution is 4.99. The fourth-order valence-corrected chi connectivity index (χ4v) is 3.02. The molecule has 84 valence electrons. The van der Waals surface area contributed by atoms with E-state index >= 15 is 0 Å². The fourth-order valence-electron chi connectivity index (χ4n) is 3.02. The van der Waals surface area contributed by atoms with Crippen LogP contribution in [0.15, 0.2) is 0 Å².